The van der Waals surface area contributed by atoms with E-state index >= 15 is 0 Å². The van der Waals surface area contributed by atoms with Crippen LogP contribution in [0.15, 0.2) is 83.8 Å². The molecular weight excluding hydrogens is 384 g/mol. The SMILES string of the molecule is [C-]#[N+]C1=CC(C(=O)C(F)(F)F)=CC(C#N)=P1(c1ccccc1)c1ccccc1. The van der Waals surface area contributed by atoms with Crippen LogP contribution in [-0.2, 0) is 4.79 Å². The second kappa shape index (κ2) is 7.35. The van der Waals surface area contributed by atoms with E-state index in [1.165, 1.54) is 0 Å². The van der Waals surface area contributed by atoms with Crippen molar-refractivity contribution >= 4 is 28.6 Å². The number of alkyl halides is 3. The first-order valence-corrected chi connectivity index (χ1v) is 9.85. The van der Waals surface area contributed by atoms with Gasteiger partial charge in [0.2, 0.25) is 0 Å². The van der Waals surface area contributed by atoms with Crippen molar-refractivity contribution in [3.63, 3.8) is 0 Å². The molecule has 0 saturated heterocycles. The molecule has 0 N–H and O–H groups in total. The molecule has 138 valence electrons. The number of halogens is 3. The van der Waals surface area contributed by atoms with E-state index in [-0.39, 0.29) is 10.7 Å². The number of ketones is 1. The molecule has 7 heteroatoms. The molecular formula is C21H12F3N2OP. The molecule has 1 heterocycles. The number of hydrogen-bond donors (Lipinski definition) is 0. The van der Waals surface area contributed by atoms with Gasteiger partial charge >= 0.3 is 6.18 Å². The van der Waals surface area contributed by atoms with Gasteiger partial charge < -0.3 is 0 Å². The summed E-state index contributed by atoms with van der Waals surface area (Å²) in [7, 11) is 0. The summed E-state index contributed by atoms with van der Waals surface area (Å²) in [6.07, 6.45) is -3.12. The second-order valence-electron chi connectivity index (χ2n) is 5.88. The van der Waals surface area contributed by atoms with Gasteiger partial charge in [0.1, 0.15) is 0 Å². The lowest BCUT2D eigenvalue weighted by Crippen LogP contribution is -2.28. The van der Waals surface area contributed by atoms with Crippen LogP contribution in [0.4, 0.5) is 13.2 Å². The van der Waals surface area contributed by atoms with Gasteiger partial charge in [-0.3, -0.25) is 4.79 Å². The Morgan fingerprint density at radius 3 is 1.86 bits per heavy atom. The highest BCUT2D eigenvalue weighted by Gasteiger charge is 2.43. The summed E-state index contributed by atoms with van der Waals surface area (Å²) in [6.45, 7) is 4.67. The number of hydrogen-bond acceptors (Lipinski definition) is 2. The number of Topliss-reactive ketones (excluding diaryl/α,β-unsaturated/α-hetero) is 1. The van der Waals surface area contributed by atoms with Crippen LogP contribution >= 0.6 is 6.89 Å². The fourth-order valence-electron chi connectivity index (χ4n) is 3.15. The van der Waals surface area contributed by atoms with Crippen molar-refractivity contribution in [2.24, 2.45) is 0 Å². The van der Waals surface area contributed by atoms with Crippen molar-refractivity contribution in [1.82, 2.24) is 0 Å². The van der Waals surface area contributed by atoms with Crippen molar-refractivity contribution in [3.8, 4) is 6.07 Å². The number of benzene rings is 2. The van der Waals surface area contributed by atoms with Crippen molar-refractivity contribution in [2.45, 2.75) is 6.18 Å². The summed E-state index contributed by atoms with van der Waals surface area (Å²) >= 11 is 0. The number of nitrogens with zero attached hydrogens (tertiary/aromatic N) is 2. The number of allylic oxidation sites excluding steroid dienone is 3. The first-order valence-electron chi connectivity index (χ1n) is 8.06. The molecule has 0 radical (unpaired) electrons. The van der Waals surface area contributed by atoms with Gasteiger partial charge in [-0.1, -0.05) is 60.7 Å². The predicted octanol–water partition coefficient (Wildman–Crippen LogP) is 4.18. The fourth-order valence-corrected chi connectivity index (χ4v) is 6.98. The number of nitriles is 1. The van der Waals surface area contributed by atoms with E-state index in [2.05, 4.69) is 4.85 Å². The maximum absolute atomic E-state index is 13.0. The van der Waals surface area contributed by atoms with E-state index < -0.39 is 24.4 Å². The molecule has 1 aliphatic heterocycles. The Hall–Kier alpha value is -3.34. The molecule has 0 unspecified atom stereocenters. The summed E-state index contributed by atoms with van der Waals surface area (Å²) in [5.74, 6) is -2.07. The highest BCUT2D eigenvalue weighted by atomic mass is 31.2. The van der Waals surface area contributed by atoms with Crippen molar-refractivity contribution < 1.29 is 18.0 Å². The van der Waals surface area contributed by atoms with Crippen LogP contribution in [0.2, 0.25) is 0 Å². The average Bonchev–Trinajstić information content (AvgIpc) is 2.72. The molecule has 2 aromatic rings. The Kier molecular flexibility index (Phi) is 5.10. The van der Waals surface area contributed by atoms with Crippen molar-refractivity contribution in [1.29, 1.82) is 5.26 Å². The minimum Gasteiger partial charge on any atom is -0.284 e. The van der Waals surface area contributed by atoms with Crippen LogP contribution in [0.5, 0.6) is 0 Å². The maximum atomic E-state index is 13.0. The van der Waals surface area contributed by atoms with Gasteiger partial charge in [-0.05, 0) is 22.8 Å². The lowest BCUT2D eigenvalue weighted by Gasteiger charge is -2.30. The van der Waals surface area contributed by atoms with Crippen LogP contribution in [0.25, 0.3) is 4.85 Å². The van der Waals surface area contributed by atoms with E-state index in [1.807, 2.05) is 6.07 Å². The van der Waals surface area contributed by atoms with Crippen LogP contribution in [0.3, 0.4) is 0 Å². The Balaban J connectivity index is 2.48. The summed E-state index contributed by atoms with van der Waals surface area (Å²) in [5.41, 5.74) is -0.728. The molecule has 0 amide bonds. The second-order valence-corrected chi connectivity index (χ2v) is 9.19. The molecule has 2 aromatic carbocycles. The number of carbonyl (C=O) groups excluding carboxylic acids is 1. The Bertz CT molecular complexity index is 1090. The molecule has 0 aliphatic carbocycles. The van der Waals surface area contributed by atoms with E-state index in [1.54, 1.807) is 60.7 Å². The summed E-state index contributed by atoms with van der Waals surface area (Å²) in [5, 5.41) is 11.2. The van der Waals surface area contributed by atoms with Gasteiger partial charge in [0.15, 0.2) is 5.44 Å². The predicted molar refractivity (Wildman–Crippen MR) is 104 cm³/mol. The number of rotatable bonds is 3. The third-order valence-electron chi connectivity index (χ3n) is 4.32. The van der Waals surface area contributed by atoms with Crippen LogP contribution in [-0.4, -0.2) is 17.3 Å². The molecule has 0 bridgehead atoms. The molecule has 0 saturated carbocycles. The Morgan fingerprint density at radius 2 is 1.46 bits per heavy atom. The van der Waals surface area contributed by atoms with Gasteiger partial charge in [0.05, 0.1) is 17.9 Å². The summed E-state index contributed by atoms with van der Waals surface area (Å²) in [6, 6.07) is 19.5. The molecule has 0 aromatic heterocycles. The Labute approximate surface area is 159 Å². The first kappa shape index (κ1) is 19.4. The fraction of sp³-hybridized carbons (Fsp3) is 0.0476. The number of carbonyl (C=O) groups is 1. The molecule has 0 fully saturated rings. The van der Waals surface area contributed by atoms with Crippen molar-refractivity contribution in [3.05, 3.63) is 95.2 Å². The zero-order valence-corrected chi connectivity index (χ0v) is 15.2. The molecule has 3 rings (SSSR count). The van der Waals surface area contributed by atoms with Gasteiger partial charge in [0, 0.05) is 12.5 Å². The molecule has 0 atom stereocenters. The van der Waals surface area contributed by atoms with E-state index in [4.69, 9.17) is 6.57 Å². The van der Waals surface area contributed by atoms with Gasteiger partial charge in [0.25, 0.3) is 5.78 Å². The zero-order valence-electron chi connectivity index (χ0n) is 14.3. The lowest BCUT2D eigenvalue weighted by atomic mass is 10.1. The van der Waals surface area contributed by atoms with Crippen LogP contribution in [0, 0.1) is 17.9 Å². The molecule has 1 aliphatic rings. The lowest BCUT2D eigenvalue weighted by molar-refractivity contribution is -0.166. The summed E-state index contributed by atoms with van der Waals surface area (Å²) < 4.78 is 38.9. The quantitative estimate of drug-likeness (QED) is 0.577. The van der Waals surface area contributed by atoms with E-state index in [0.717, 1.165) is 12.2 Å². The topological polar surface area (TPSA) is 45.2 Å². The smallest absolute Gasteiger partial charge is 0.284 e. The zero-order chi connectivity index (χ0) is 20.4. The maximum Gasteiger partial charge on any atom is 0.454 e. The Morgan fingerprint density at radius 1 is 0.964 bits per heavy atom. The minimum absolute atomic E-state index is 0.00833. The summed E-state index contributed by atoms with van der Waals surface area (Å²) in [4.78, 5) is 15.3. The third-order valence-corrected chi connectivity index (χ3v) is 8.33. The normalized spacial score (nSPS) is 15.7. The first-order chi connectivity index (χ1) is 13.4. The standard InChI is InChI=1S/C21H12F3N2OP/c1-26-19-13-15(20(27)21(22,23)24)12-18(14-25)28(19,16-8-4-2-5-9-16)17-10-6-3-7-11-17/h2-13H. The van der Waals surface area contributed by atoms with Crippen LogP contribution in [0.1, 0.15) is 0 Å². The minimum atomic E-state index is -5.09. The third kappa shape index (κ3) is 3.09. The van der Waals surface area contributed by atoms with E-state index in [9.17, 15) is 23.2 Å². The van der Waals surface area contributed by atoms with Gasteiger partial charge in [-0.2, -0.15) is 18.4 Å². The van der Waals surface area contributed by atoms with Crippen molar-refractivity contribution in [2.75, 3.05) is 0 Å². The monoisotopic (exact) mass is 396 g/mol. The molecule has 28 heavy (non-hydrogen) atoms. The largest absolute Gasteiger partial charge is 0.454 e. The average molecular weight is 396 g/mol. The highest BCUT2D eigenvalue weighted by molar-refractivity contribution is 7.93. The van der Waals surface area contributed by atoms with E-state index in [0.29, 0.717) is 10.6 Å². The van der Waals surface area contributed by atoms with Crippen LogP contribution < -0.4 is 10.6 Å². The molecule has 0 spiro atoms. The van der Waals surface area contributed by atoms with Gasteiger partial charge in [-0.25, -0.2) is 4.85 Å². The van der Waals surface area contributed by atoms with Gasteiger partial charge in [-0.15, -0.1) is 0 Å². The molecule has 3 nitrogen and oxygen atoms in total. The highest BCUT2D eigenvalue weighted by Crippen LogP contribution is 2.57.